The molecule has 0 aromatic heterocycles. The van der Waals surface area contributed by atoms with Gasteiger partial charge in [-0.05, 0) is 12.0 Å². The Bertz CT molecular complexity index is 131. The zero-order valence-corrected chi connectivity index (χ0v) is 6.27. The Kier molecular flexibility index (Phi) is 2.87. The lowest BCUT2D eigenvalue weighted by atomic mass is 10.1. The van der Waals surface area contributed by atoms with E-state index < -0.39 is 6.17 Å². The minimum atomic E-state index is -0.742. The molecule has 0 N–H and O–H groups in total. The summed E-state index contributed by atoms with van der Waals surface area (Å²) in [4.78, 5) is 0. The number of allylic oxidation sites excluding steroid dienone is 1. The van der Waals surface area contributed by atoms with Gasteiger partial charge in [0.05, 0.1) is 13.2 Å². The van der Waals surface area contributed by atoms with E-state index in [0.29, 0.717) is 19.6 Å². The van der Waals surface area contributed by atoms with Crippen molar-refractivity contribution < 1.29 is 9.13 Å². The second-order valence-corrected chi connectivity index (χ2v) is 2.50. The molecule has 10 heavy (non-hydrogen) atoms. The molecule has 0 radical (unpaired) electrons. The maximum Gasteiger partial charge on any atom is 0.126 e. The highest BCUT2D eigenvalue weighted by atomic mass is 19.1. The molecule has 1 saturated heterocycles. The lowest BCUT2D eigenvalue weighted by molar-refractivity contribution is 0.0933. The van der Waals surface area contributed by atoms with Crippen LogP contribution in [0, 0.1) is 0 Å². The molecule has 0 aromatic rings. The second kappa shape index (κ2) is 3.71. The third kappa shape index (κ3) is 1.81. The molecule has 0 aromatic carbocycles. The van der Waals surface area contributed by atoms with E-state index >= 15 is 0 Å². The van der Waals surface area contributed by atoms with Gasteiger partial charge in [0.25, 0.3) is 0 Å². The van der Waals surface area contributed by atoms with E-state index in [0.717, 1.165) is 12.0 Å². The van der Waals surface area contributed by atoms with Crippen LogP contribution in [0.4, 0.5) is 4.39 Å². The third-order valence-corrected chi connectivity index (χ3v) is 1.65. The van der Waals surface area contributed by atoms with E-state index in [1.165, 1.54) is 0 Å². The Morgan fingerprint density at radius 2 is 2.60 bits per heavy atom. The van der Waals surface area contributed by atoms with Gasteiger partial charge in [0.15, 0.2) is 0 Å². The molecular formula is C8H13FO. The van der Waals surface area contributed by atoms with Crippen LogP contribution in [0.15, 0.2) is 11.6 Å². The number of rotatable bonds is 1. The quantitative estimate of drug-likeness (QED) is 0.512. The van der Waals surface area contributed by atoms with Crippen LogP contribution in [-0.2, 0) is 4.74 Å². The molecule has 0 aliphatic carbocycles. The van der Waals surface area contributed by atoms with Gasteiger partial charge in [-0.15, -0.1) is 0 Å². The molecule has 0 bridgehead atoms. The Balaban J connectivity index is 2.47. The molecule has 1 unspecified atom stereocenters. The zero-order chi connectivity index (χ0) is 7.40. The van der Waals surface area contributed by atoms with E-state index in [4.69, 9.17) is 4.74 Å². The largest absolute Gasteiger partial charge is 0.377 e. The van der Waals surface area contributed by atoms with Crippen LogP contribution in [0.25, 0.3) is 0 Å². The first-order chi connectivity index (χ1) is 4.84. The predicted molar refractivity (Wildman–Crippen MR) is 38.7 cm³/mol. The van der Waals surface area contributed by atoms with Crippen LogP contribution in [0.3, 0.4) is 0 Å². The fourth-order valence-corrected chi connectivity index (χ4v) is 1.10. The molecule has 1 rings (SSSR count). The lowest BCUT2D eigenvalue weighted by Gasteiger charge is -2.18. The number of alkyl halides is 1. The first-order valence-corrected chi connectivity index (χ1v) is 3.75. The average Bonchev–Trinajstić information content (AvgIpc) is 1.94. The number of ether oxygens (including phenoxy) is 1. The van der Waals surface area contributed by atoms with Crippen molar-refractivity contribution in [1.29, 1.82) is 0 Å². The molecule has 0 spiro atoms. The Hall–Kier alpha value is -0.370. The first-order valence-electron chi connectivity index (χ1n) is 3.75. The third-order valence-electron chi connectivity index (χ3n) is 1.65. The standard InChI is InChI=1S/C8H13FO/c1-2-3-7-6-10-5-4-8(7)9/h3,8H,2,4-6H2,1H3/b7-3-. The highest BCUT2D eigenvalue weighted by molar-refractivity contribution is 5.10. The minimum Gasteiger partial charge on any atom is -0.377 e. The van der Waals surface area contributed by atoms with E-state index in [1.807, 2.05) is 13.0 Å². The predicted octanol–water partition coefficient (Wildman–Crippen LogP) is 2.08. The van der Waals surface area contributed by atoms with Crippen molar-refractivity contribution in [2.45, 2.75) is 25.9 Å². The summed E-state index contributed by atoms with van der Waals surface area (Å²) in [6, 6.07) is 0. The van der Waals surface area contributed by atoms with Crippen molar-refractivity contribution in [2.24, 2.45) is 0 Å². The summed E-state index contributed by atoms with van der Waals surface area (Å²) in [5.74, 6) is 0. The number of hydrogen-bond donors (Lipinski definition) is 0. The van der Waals surface area contributed by atoms with Crippen molar-refractivity contribution in [1.82, 2.24) is 0 Å². The van der Waals surface area contributed by atoms with Crippen molar-refractivity contribution in [3.8, 4) is 0 Å². The van der Waals surface area contributed by atoms with Crippen LogP contribution in [-0.4, -0.2) is 19.4 Å². The highest BCUT2D eigenvalue weighted by Crippen LogP contribution is 2.17. The molecule has 1 atom stereocenters. The van der Waals surface area contributed by atoms with Gasteiger partial charge in [0.2, 0.25) is 0 Å². The van der Waals surface area contributed by atoms with E-state index in [-0.39, 0.29) is 0 Å². The molecule has 0 amide bonds. The zero-order valence-electron chi connectivity index (χ0n) is 6.27. The summed E-state index contributed by atoms with van der Waals surface area (Å²) in [7, 11) is 0. The molecule has 0 saturated carbocycles. The molecule has 58 valence electrons. The van der Waals surface area contributed by atoms with Crippen molar-refractivity contribution in [3.05, 3.63) is 11.6 Å². The average molecular weight is 144 g/mol. The summed E-state index contributed by atoms with van der Waals surface area (Å²) in [5, 5.41) is 0. The Morgan fingerprint density at radius 3 is 3.20 bits per heavy atom. The maximum absolute atomic E-state index is 12.9. The fraction of sp³-hybridized carbons (Fsp3) is 0.750. The van der Waals surface area contributed by atoms with Gasteiger partial charge in [-0.3, -0.25) is 0 Å². The molecule has 1 nitrogen and oxygen atoms in total. The monoisotopic (exact) mass is 144 g/mol. The van der Waals surface area contributed by atoms with Gasteiger partial charge in [-0.1, -0.05) is 13.0 Å². The smallest absolute Gasteiger partial charge is 0.126 e. The Morgan fingerprint density at radius 1 is 1.80 bits per heavy atom. The van der Waals surface area contributed by atoms with Crippen LogP contribution in [0.5, 0.6) is 0 Å². The van der Waals surface area contributed by atoms with Crippen molar-refractivity contribution in [2.75, 3.05) is 13.2 Å². The lowest BCUT2D eigenvalue weighted by Crippen LogP contribution is -2.19. The fourth-order valence-electron chi connectivity index (χ4n) is 1.10. The van der Waals surface area contributed by atoms with Gasteiger partial charge in [-0.2, -0.15) is 0 Å². The minimum absolute atomic E-state index is 0.495. The second-order valence-electron chi connectivity index (χ2n) is 2.50. The van der Waals surface area contributed by atoms with Crippen molar-refractivity contribution in [3.63, 3.8) is 0 Å². The van der Waals surface area contributed by atoms with E-state index in [2.05, 4.69) is 0 Å². The normalized spacial score (nSPS) is 31.0. The summed E-state index contributed by atoms with van der Waals surface area (Å²) in [6.07, 6.45) is 2.61. The molecule has 1 fully saturated rings. The summed E-state index contributed by atoms with van der Waals surface area (Å²) in [5.41, 5.74) is 0.828. The van der Waals surface area contributed by atoms with Crippen LogP contribution >= 0.6 is 0 Å². The summed E-state index contributed by atoms with van der Waals surface area (Å²) >= 11 is 0. The van der Waals surface area contributed by atoms with Gasteiger partial charge in [-0.25, -0.2) is 4.39 Å². The number of halogens is 1. The van der Waals surface area contributed by atoms with Gasteiger partial charge in [0, 0.05) is 6.42 Å². The van der Waals surface area contributed by atoms with E-state index in [9.17, 15) is 4.39 Å². The van der Waals surface area contributed by atoms with Crippen molar-refractivity contribution >= 4 is 0 Å². The summed E-state index contributed by atoms with van der Waals surface area (Å²) in [6.45, 7) is 3.07. The molecule has 1 heterocycles. The Labute approximate surface area is 60.9 Å². The van der Waals surface area contributed by atoms with Gasteiger partial charge in [0.1, 0.15) is 6.17 Å². The molecule has 1 aliphatic heterocycles. The van der Waals surface area contributed by atoms with Gasteiger partial charge >= 0.3 is 0 Å². The van der Waals surface area contributed by atoms with E-state index in [1.54, 1.807) is 0 Å². The first kappa shape index (κ1) is 7.73. The van der Waals surface area contributed by atoms with Crippen LogP contribution < -0.4 is 0 Å². The molecule has 1 aliphatic rings. The summed E-state index contributed by atoms with van der Waals surface area (Å²) < 4.78 is 18.0. The molecule has 2 heteroatoms. The van der Waals surface area contributed by atoms with Crippen LogP contribution in [0.2, 0.25) is 0 Å². The highest BCUT2D eigenvalue weighted by Gasteiger charge is 2.16. The number of hydrogen-bond acceptors (Lipinski definition) is 1. The maximum atomic E-state index is 12.9. The van der Waals surface area contributed by atoms with Gasteiger partial charge < -0.3 is 4.74 Å². The topological polar surface area (TPSA) is 9.23 Å². The van der Waals surface area contributed by atoms with Crippen LogP contribution in [0.1, 0.15) is 19.8 Å². The SMILES string of the molecule is CC/C=C1/COCCC1F. The molecular weight excluding hydrogens is 131 g/mol.